The molecule has 0 bridgehead atoms. The molecule has 0 amide bonds. The minimum Gasteiger partial charge on any atom is -0.378 e. The maximum Gasteiger partial charge on any atom is 0.230 e. The molecule has 2 fully saturated rings. The van der Waals surface area contributed by atoms with E-state index in [1.165, 1.54) is 0 Å². The normalized spacial score (nSPS) is 17.4. The summed E-state index contributed by atoms with van der Waals surface area (Å²) < 4.78 is 12.7. The van der Waals surface area contributed by atoms with Gasteiger partial charge in [0.2, 0.25) is 11.9 Å². The SMILES string of the molecule is Cc1ccn(-c2cccc(-c3nc(N4CCOCC4)nc(N4CCOCC4)n3)n2)n1. The Kier molecular flexibility index (Phi) is 5.24. The lowest BCUT2D eigenvalue weighted by atomic mass is 10.3. The Morgan fingerprint density at radius 1 is 0.767 bits per heavy atom. The van der Waals surface area contributed by atoms with Gasteiger partial charge in [-0.25, -0.2) is 9.67 Å². The summed E-state index contributed by atoms with van der Waals surface area (Å²) in [6, 6.07) is 7.73. The number of ether oxygens (including phenoxy) is 2. The van der Waals surface area contributed by atoms with Gasteiger partial charge < -0.3 is 19.3 Å². The fourth-order valence-corrected chi connectivity index (χ4v) is 3.50. The summed E-state index contributed by atoms with van der Waals surface area (Å²) in [6.45, 7) is 7.65. The maximum atomic E-state index is 5.49. The molecule has 2 aliphatic rings. The van der Waals surface area contributed by atoms with E-state index in [-0.39, 0.29) is 0 Å². The summed E-state index contributed by atoms with van der Waals surface area (Å²) >= 11 is 0. The Labute approximate surface area is 174 Å². The van der Waals surface area contributed by atoms with Gasteiger partial charge in [-0.05, 0) is 25.1 Å². The van der Waals surface area contributed by atoms with Crippen LogP contribution in [-0.4, -0.2) is 82.3 Å². The van der Waals surface area contributed by atoms with E-state index in [1.54, 1.807) is 4.68 Å². The molecular formula is C20H24N8O2. The van der Waals surface area contributed by atoms with Gasteiger partial charge >= 0.3 is 0 Å². The number of morpholine rings is 2. The van der Waals surface area contributed by atoms with E-state index in [9.17, 15) is 0 Å². The van der Waals surface area contributed by atoms with Crippen molar-refractivity contribution in [2.75, 3.05) is 62.4 Å². The summed E-state index contributed by atoms with van der Waals surface area (Å²) in [7, 11) is 0. The lowest BCUT2D eigenvalue weighted by molar-refractivity contribution is 0.121. The van der Waals surface area contributed by atoms with E-state index in [0.717, 1.165) is 37.7 Å². The van der Waals surface area contributed by atoms with Crippen molar-refractivity contribution in [1.29, 1.82) is 0 Å². The minimum absolute atomic E-state index is 0.554. The largest absolute Gasteiger partial charge is 0.378 e. The molecule has 30 heavy (non-hydrogen) atoms. The highest BCUT2D eigenvalue weighted by atomic mass is 16.5. The molecule has 3 aromatic heterocycles. The van der Waals surface area contributed by atoms with Gasteiger partial charge in [-0.2, -0.15) is 20.1 Å². The molecule has 5 heterocycles. The van der Waals surface area contributed by atoms with Crippen molar-refractivity contribution < 1.29 is 9.47 Å². The van der Waals surface area contributed by atoms with E-state index in [4.69, 9.17) is 29.4 Å². The van der Waals surface area contributed by atoms with Crippen LogP contribution in [0.4, 0.5) is 11.9 Å². The first-order valence-corrected chi connectivity index (χ1v) is 10.2. The Bertz CT molecular complexity index is 975. The van der Waals surface area contributed by atoms with Crippen LogP contribution in [0.1, 0.15) is 5.69 Å². The highest BCUT2D eigenvalue weighted by molar-refractivity contribution is 5.56. The Morgan fingerprint density at radius 3 is 1.97 bits per heavy atom. The number of rotatable bonds is 4. The van der Waals surface area contributed by atoms with Crippen molar-refractivity contribution >= 4 is 11.9 Å². The van der Waals surface area contributed by atoms with Crippen LogP contribution in [0, 0.1) is 6.92 Å². The molecule has 10 nitrogen and oxygen atoms in total. The van der Waals surface area contributed by atoms with Gasteiger partial charge in [-0.1, -0.05) is 6.07 Å². The Balaban J connectivity index is 1.54. The third kappa shape index (κ3) is 3.96. The number of pyridine rings is 1. The molecule has 0 spiro atoms. The van der Waals surface area contributed by atoms with Crippen LogP contribution in [0.25, 0.3) is 17.3 Å². The monoisotopic (exact) mass is 408 g/mol. The molecule has 156 valence electrons. The van der Waals surface area contributed by atoms with Gasteiger partial charge in [0.05, 0.1) is 32.1 Å². The summed E-state index contributed by atoms with van der Waals surface area (Å²) in [5.41, 5.74) is 1.62. The molecule has 0 N–H and O–H groups in total. The summed E-state index contributed by atoms with van der Waals surface area (Å²) in [6.07, 6.45) is 1.90. The zero-order valence-electron chi connectivity index (χ0n) is 16.9. The predicted octanol–water partition coefficient (Wildman–Crippen LogP) is 1.10. The lowest BCUT2D eigenvalue weighted by Gasteiger charge is -2.30. The molecular weight excluding hydrogens is 384 g/mol. The molecule has 10 heteroatoms. The van der Waals surface area contributed by atoms with E-state index in [0.29, 0.717) is 49.8 Å². The van der Waals surface area contributed by atoms with Crippen LogP contribution in [0.3, 0.4) is 0 Å². The van der Waals surface area contributed by atoms with Crippen molar-refractivity contribution in [3.63, 3.8) is 0 Å². The second-order valence-electron chi connectivity index (χ2n) is 7.24. The first-order chi connectivity index (χ1) is 14.8. The van der Waals surface area contributed by atoms with Gasteiger partial charge in [-0.3, -0.25) is 0 Å². The first-order valence-electron chi connectivity index (χ1n) is 10.2. The average Bonchev–Trinajstić information content (AvgIpc) is 3.26. The molecule has 0 radical (unpaired) electrons. The standard InChI is InChI=1S/C20H24N8O2/c1-15-5-6-28(25-15)17-4-2-3-16(21-17)18-22-19(26-7-11-29-12-8-26)24-20(23-18)27-9-13-30-14-10-27/h2-6H,7-14H2,1H3. The third-order valence-corrected chi connectivity index (χ3v) is 5.12. The topological polar surface area (TPSA) is 94.3 Å². The molecule has 0 aromatic carbocycles. The van der Waals surface area contributed by atoms with Gasteiger partial charge in [-0.15, -0.1) is 0 Å². The van der Waals surface area contributed by atoms with Crippen LogP contribution in [-0.2, 0) is 9.47 Å². The zero-order valence-corrected chi connectivity index (χ0v) is 16.9. The Hall–Kier alpha value is -3.11. The molecule has 0 unspecified atom stereocenters. The molecule has 3 aromatic rings. The highest BCUT2D eigenvalue weighted by Crippen LogP contribution is 2.22. The molecule has 0 saturated carbocycles. The average molecular weight is 408 g/mol. The maximum absolute atomic E-state index is 5.49. The van der Waals surface area contributed by atoms with Crippen molar-refractivity contribution in [1.82, 2.24) is 29.7 Å². The lowest BCUT2D eigenvalue weighted by Crippen LogP contribution is -2.40. The van der Waals surface area contributed by atoms with E-state index in [1.807, 2.05) is 37.4 Å². The van der Waals surface area contributed by atoms with Gasteiger partial charge in [0.15, 0.2) is 11.6 Å². The Morgan fingerprint density at radius 2 is 1.40 bits per heavy atom. The first kappa shape index (κ1) is 18.9. The molecule has 2 saturated heterocycles. The highest BCUT2D eigenvalue weighted by Gasteiger charge is 2.21. The smallest absolute Gasteiger partial charge is 0.230 e. The molecule has 5 rings (SSSR count). The van der Waals surface area contributed by atoms with Crippen molar-refractivity contribution in [2.24, 2.45) is 0 Å². The van der Waals surface area contributed by atoms with Gasteiger partial charge in [0.1, 0.15) is 5.69 Å². The van der Waals surface area contributed by atoms with Crippen LogP contribution >= 0.6 is 0 Å². The van der Waals surface area contributed by atoms with Crippen LogP contribution in [0.5, 0.6) is 0 Å². The van der Waals surface area contributed by atoms with Gasteiger partial charge in [0.25, 0.3) is 0 Å². The van der Waals surface area contributed by atoms with Crippen molar-refractivity contribution in [3.8, 4) is 17.3 Å². The number of hydrogen-bond acceptors (Lipinski definition) is 9. The summed E-state index contributed by atoms with van der Waals surface area (Å²) in [5.74, 6) is 2.60. The van der Waals surface area contributed by atoms with Crippen molar-refractivity contribution in [3.05, 3.63) is 36.2 Å². The van der Waals surface area contributed by atoms with Crippen LogP contribution in [0.15, 0.2) is 30.5 Å². The van der Waals surface area contributed by atoms with Crippen LogP contribution in [0.2, 0.25) is 0 Å². The van der Waals surface area contributed by atoms with E-state index < -0.39 is 0 Å². The van der Waals surface area contributed by atoms with Gasteiger partial charge in [0, 0.05) is 32.4 Å². The van der Waals surface area contributed by atoms with E-state index >= 15 is 0 Å². The summed E-state index contributed by atoms with van der Waals surface area (Å²) in [5, 5.41) is 4.45. The zero-order chi connectivity index (χ0) is 20.3. The second-order valence-corrected chi connectivity index (χ2v) is 7.24. The minimum atomic E-state index is 0.554. The number of aryl methyl sites for hydroxylation is 1. The fraction of sp³-hybridized carbons (Fsp3) is 0.450. The molecule has 0 atom stereocenters. The van der Waals surface area contributed by atoms with Crippen LogP contribution < -0.4 is 9.80 Å². The quantitative estimate of drug-likeness (QED) is 0.629. The predicted molar refractivity (Wildman–Crippen MR) is 111 cm³/mol. The number of nitrogens with zero attached hydrogens (tertiary/aromatic N) is 8. The third-order valence-electron chi connectivity index (χ3n) is 5.12. The number of hydrogen-bond donors (Lipinski definition) is 0. The number of anilines is 2. The molecule has 2 aliphatic heterocycles. The summed E-state index contributed by atoms with van der Waals surface area (Å²) in [4.78, 5) is 23.3. The van der Waals surface area contributed by atoms with Crippen molar-refractivity contribution in [2.45, 2.75) is 6.92 Å². The second kappa shape index (κ2) is 8.33. The van der Waals surface area contributed by atoms with E-state index in [2.05, 4.69) is 14.9 Å². The molecule has 0 aliphatic carbocycles. The fourth-order valence-electron chi connectivity index (χ4n) is 3.50. The number of aromatic nitrogens is 6.